The summed E-state index contributed by atoms with van der Waals surface area (Å²) < 4.78 is 37.8. The van der Waals surface area contributed by atoms with Gasteiger partial charge in [-0.3, -0.25) is 14.9 Å². The van der Waals surface area contributed by atoms with Gasteiger partial charge < -0.3 is 4.90 Å². The molecule has 1 fully saturated rings. The van der Waals surface area contributed by atoms with Crippen molar-refractivity contribution < 1.29 is 13.2 Å². The number of rotatable bonds is 3. The minimum Gasteiger partial charge on any atom is -0.338 e. The van der Waals surface area contributed by atoms with Gasteiger partial charge in [0.2, 0.25) is 5.95 Å². The highest BCUT2D eigenvalue weighted by Gasteiger charge is 2.31. The van der Waals surface area contributed by atoms with Crippen LogP contribution < -0.4 is 4.90 Å². The van der Waals surface area contributed by atoms with Crippen molar-refractivity contribution in [1.29, 1.82) is 0 Å². The second-order valence-corrected chi connectivity index (χ2v) is 6.41. The average Bonchev–Trinajstić information content (AvgIpc) is 2.68. The van der Waals surface area contributed by atoms with Gasteiger partial charge in [0.25, 0.3) is 0 Å². The minimum absolute atomic E-state index is 0.337. The van der Waals surface area contributed by atoms with Gasteiger partial charge in [0, 0.05) is 57.5 Å². The molecule has 3 heterocycles. The molecule has 9 heteroatoms. The molecule has 0 bridgehead atoms. The van der Waals surface area contributed by atoms with Gasteiger partial charge in [0.05, 0.1) is 16.6 Å². The van der Waals surface area contributed by atoms with Crippen molar-refractivity contribution in [1.82, 2.24) is 24.8 Å². The number of alkyl halides is 3. The van der Waals surface area contributed by atoms with Gasteiger partial charge in [-0.05, 0) is 17.7 Å². The van der Waals surface area contributed by atoms with E-state index in [1.807, 2.05) is 23.1 Å². The minimum atomic E-state index is -4.42. The number of hydrogen-bond acceptors (Lipinski definition) is 6. The van der Waals surface area contributed by atoms with Crippen molar-refractivity contribution in [3.63, 3.8) is 0 Å². The molecule has 6 nitrogen and oxygen atoms in total. The lowest BCUT2D eigenvalue weighted by Crippen LogP contribution is -2.46. The van der Waals surface area contributed by atoms with Crippen molar-refractivity contribution in [2.75, 3.05) is 31.1 Å². The normalized spacial score (nSPS) is 16.0. The molecule has 1 aliphatic heterocycles. The lowest BCUT2D eigenvalue weighted by Gasteiger charge is -2.34. The molecule has 1 aromatic carbocycles. The summed E-state index contributed by atoms with van der Waals surface area (Å²) >= 11 is 0. The molecule has 2 aromatic heterocycles. The Bertz CT molecular complexity index is 920. The smallest absolute Gasteiger partial charge is 0.338 e. The Hall–Kier alpha value is -2.81. The van der Waals surface area contributed by atoms with Crippen LogP contribution in [0.2, 0.25) is 0 Å². The van der Waals surface area contributed by atoms with Gasteiger partial charge in [0.1, 0.15) is 0 Å². The predicted octanol–water partition coefficient (Wildman–Crippen LogP) is 2.76. The SMILES string of the molecule is FC(F)(F)c1cnc(N2CCN(Cc3ccc4nccnc4c3)CC2)nc1. The molecule has 0 saturated carbocycles. The lowest BCUT2D eigenvalue weighted by molar-refractivity contribution is -0.138. The van der Waals surface area contributed by atoms with Crippen molar-refractivity contribution in [2.45, 2.75) is 12.7 Å². The Morgan fingerprint density at radius 3 is 2.19 bits per heavy atom. The monoisotopic (exact) mass is 374 g/mol. The summed E-state index contributed by atoms with van der Waals surface area (Å²) in [5.74, 6) is 0.337. The molecule has 1 aliphatic rings. The van der Waals surface area contributed by atoms with Crippen LogP contribution in [-0.4, -0.2) is 51.0 Å². The Balaban J connectivity index is 1.37. The molecule has 27 heavy (non-hydrogen) atoms. The van der Waals surface area contributed by atoms with E-state index in [-0.39, 0.29) is 0 Å². The number of nitrogens with zero attached hydrogens (tertiary/aromatic N) is 6. The van der Waals surface area contributed by atoms with E-state index in [0.717, 1.165) is 48.6 Å². The first-order chi connectivity index (χ1) is 13.0. The van der Waals surface area contributed by atoms with Gasteiger partial charge >= 0.3 is 6.18 Å². The molecule has 4 rings (SSSR count). The van der Waals surface area contributed by atoms with Crippen molar-refractivity contribution in [3.8, 4) is 0 Å². The summed E-state index contributed by atoms with van der Waals surface area (Å²) in [7, 11) is 0. The van der Waals surface area contributed by atoms with Crippen molar-refractivity contribution >= 4 is 17.0 Å². The van der Waals surface area contributed by atoms with Crippen LogP contribution in [-0.2, 0) is 12.7 Å². The second-order valence-electron chi connectivity index (χ2n) is 6.41. The number of hydrogen-bond donors (Lipinski definition) is 0. The Kier molecular flexibility index (Phi) is 4.61. The van der Waals surface area contributed by atoms with E-state index in [0.29, 0.717) is 19.0 Å². The zero-order chi connectivity index (χ0) is 18.9. The molecule has 0 aliphatic carbocycles. The summed E-state index contributed by atoms with van der Waals surface area (Å²) in [5, 5.41) is 0. The van der Waals surface area contributed by atoms with Crippen LogP contribution in [0, 0.1) is 0 Å². The van der Waals surface area contributed by atoms with Gasteiger partial charge in [-0.15, -0.1) is 0 Å². The van der Waals surface area contributed by atoms with E-state index in [2.05, 4.69) is 24.8 Å². The van der Waals surface area contributed by atoms with E-state index in [4.69, 9.17) is 0 Å². The Morgan fingerprint density at radius 2 is 1.52 bits per heavy atom. The van der Waals surface area contributed by atoms with Crippen LogP contribution in [0.4, 0.5) is 19.1 Å². The highest BCUT2D eigenvalue weighted by Crippen LogP contribution is 2.28. The van der Waals surface area contributed by atoms with Gasteiger partial charge in [-0.2, -0.15) is 13.2 Å². The first-order valence-electron chi connectivity index (χ1n) is 8.55. The third kappa shape index (κ3) is 3.97. The lowest BCUT2D eigenvalue weighted by atomic mass is 10.1. The maximum absolute atomic E-state index is 12.6. The van der Waals surface area contributed by atoms with Crippen LogP contribution >= 0.6 is 0 Å². The topological polar surface area (TPSA) is 58.0 Å². The fourth-order valence-electron chi connectivity index (χ4n) is 3.10. The summed E-state index contributed by atoms with van der Waals surface area (Å²) in [6.45, 7) is 3.68. The zero-order valence-electron chi connectivity index (χ0n) is 14.4. The summed E-state index contributed by atoms with van der Waals surface area (Å²) in [6.07, 6.45) is 0.608. The van der Waals surface area contributed by atoms with E-state index in [1.165, 1.54) is 0 Å². The molecule has 3 aromatic rings. The van der Waals surface area contributed by atoms with Crippen LogP contribution in [0.25, 0.3) is 11.0 Å². The van der Waals surface area contributed by atoms with E-state index >= 15 is 0 Å². The predicted molar refractivity (Wildman–Crippen MR) is 94.1 cm³/mol. The zero-order valence-corrected chi connectivity index (χ0v) is 14.4. The third-order valence-electron chi connectivity index (χ3n) is 4.56. The first kappa shape index (κ1) is 17.6. The Labute approximate surface area is 153 Å². The summed E-state index contributed by atoms with van der Waals surface area (Å²) in [5.41, 5.74) is 2.06. The van der Waals surface area contributed by atoms with E-state index in [9.17, 15) is 13.2 Å². The average molecular weight is 374 g/mol. The number of piperazine rings is 1. The van der Waals surface area contributed by atoms with Crippen LogP contribution in [0.5, 0.6) is 0 Å². The molecular formula is C18H17F3N6. The maximum atomic E-state index is 12.6. The molecule has 0 radical (unpaired) electrons. The van der Waals surface area contributed by atoms with Crippen LogP contribution in [0.3, 0.4) is 0 Å². The van der Waals surface area contributed by atoms with Gasteiger partial charge in [0.15, 0.2) is 0 Å². The van der Waals surface area contributed by atoms with Crippen LogP contribution in [0.1, 0.15) is 11.1 Å². The Morgan fingerprint density at radius 1 is 0.852 bits per heavy atom. The number of aromatic nitrogens is 4. The molecule has 140 valence electrons. The molecule has 1 saturated heterocycles. The fourth-order valence-corrected chi connectivity index (χ4v) is 3.10. The standard InChI is InChI=1S/C18H17F3N6/c19-18(20,21)14-10-24-17(25-11-14)27-7-5-26(6-8-27)12-13-1-2-15-16(9-13)23-4-3-22-15/h1-4,9-11H,5-8,12H2. The van der Waals surface area contributed by atoms with Gasteiger partial charge in [-0.25, -0.2) is 9.97 Å². The van der Waals surface area contributed by atoms with Crippen molar-refractivity contribution in [2.24, 2.45) is 0 Å². The van der Waals surface area contributed by atoms with E-state index in [1.54, 1.807) is 12.4 Å². The fraction of sp³-hybridized carbons (Fsp3) is 0.333. The molecule has 0 N–H and O–H groups in total. The third-order valence-corrected chi connectivity index (χ3v) is 4.56. The van der Waals surface area contributed by atoms with Crippen LogP contribution in [0.15, 0.2) is 43.0 Å². The number of anilines is 1. The second kappa shape index (κ2) is 7.07. The molecular weight excluding hydrogens is 357 g/mol. The van der Waals surface area contributed by atoms with Crippen molar-refractivity contribution in [3.05, 3.63) is 54.1 Å². The quantitative estimate of drug-likeness (QED) is 0.703. The maximum Gasteiger partial charge on any atom is 0.419 e. The largest absolute Gasteiger partial charge is 0.419 e. The molecule has 0 spiro atoms. The first-order valence-corrected chi connectivity index (χ1v) is 8.55. The highest BCUT2D eigenvalue weighted by molar-refractivity contribution is 5.74. The number of fused-ring (bicyclic) bond motifs is 1. The summed E-state index contributed by atoms with van der Waals surface area (Å²) in [4.78, 5) is 20.5. The molecule has 0 unspecified atom stereocenters. The molecule has 0 amide bonds. The van der Waals surface area contributed by atoms with E-state index < -0.39 is 11.7 Å². The summed E-state index contributed by atoms with van der Waals surface area (Å²) in [6, 6.07) is 6.04. The molecule has 0 atom stereocenters. The van der Waals surface area contributed by atoms with Gasteiger partial charge in [-0.1, -0.05) is 6.07 Å². The highest BCUT2D eigenvalue weighted by atomic mass is 19.4. The number of benzene rings is 1. The number of halogens is 3.